The van der Waals surface area contributed by atoms with Gasteiger partial charge >= 0.3 is 0 Å². The lowest BCUT2D eigenvalue weighted by molar-refractivity contribution is -0.116. The Balaban J connectivity index is 1.65. The summed E-state index contributed by atoms with van der Waals surface area (Å²) < 4.78 is 0. The summed E-state index contributed by atoms with van der Waals surface area (Å²) in [5.74, 6) is -0.280. The van der Waals surface area contributed by atoms with Gasteiger partial charge in [-0.3, -0.25) is 9.59 Å². The van der Waals surface area contributed by atoms with Gasteiger partial charge < -0.3 is 10.6 Å². The summed E-state index contributed by atoms with van der Waals surface area (Å²) in [5.41, 5.74) is 1.36. The predicted molar refractivity (Wildman–Crippen MR) is 112 cm³/mol. The zero-order chi connectivity index (χ0) is 19.9. The van der Waals surface area contributed by atoms with E-state index in [-0.39, 0.29) is 11.6 Å². The minimum Gasteiger partial charge on any atom is -0.309 e. The van der Waals surface area contributed by atoms with Gasteiger partial charge in [0, 0.05) is 0 Å². The molecule has 3 aromatic rings. The van der Waals surface area contributed by atoms with Crippen LogP contribution in [0.25, 0.3) is 0 Å². The molecule has 7 heteroatoms. The van der Waals surface area contributed by atoms with E-state index < -0.39 is 22.6 Å². The Morgan fingerprint density at radius 2 is 1.04 bits per heavy atom. The number of carbonyl (C=O) groups is 2. The van der Waals surface area contributed by atoms with Crippen molar-refractivity contribution in [3.63, 3.8) is 0 Å². The van der Waals surface area contributed by atoms with Gasteiger partial charge in [0.25, 0.3) is 0 Å². The van der Waals surface area contributed by atoms with Crippen LogP contribution in [0.4, 0.5) is 11.6 Å². The van der Waals surface area contributed by atoms with Gasteiger partial charge in [0.05, 0.1) is 0 Å². The Morgan fingerprint density at radius 3 is 1.43 bits per heavy atom. The van der Waals surface area contributed by atoms with Gasteiger partial charge in [0.2, 0.25) is 11.8 Å². The number of halogens is 2. The van der Waals surface area contributed by atoms with E-state index in [1.807, 2.05) is 36.4 Å². The van der Waals surface area contributed by atoms with Gasteiger partial charge in [-0.15, -0.1) is 23.2 Å². The minimum atomic E-state index is -0.855. The second-order valence-corrected chi connectivity index (χ2v) is 6.81. The molecule has 28 heavy (non-hydrogen) atoms. The van der Waals surface area contributed by atoms with Crippen LogP contribution in [-0.4, -0.2) is 16.8 Å². The number of anilines is 2. The molecular weight excluding hydrogens is 397 g/mol. The summed E-state index contributed by atoms with van der Waals surface area (Å²) in [5, 5.41) is 3.59. The second-order valence-electron chi connectivity index (χ2n) is 5.93. The summed E-state index contributed by atoms with van der Waals surface area (Å²) in [6, 6.07) is 22.9. The molecule has 0 saturated heterocycles. The standard InChI is InChI=1S/C21H17Cl2N3O2/c22-18(14-8-3-1-4-9-14)20(27)25-16-12-7-13-17(24-16)26-21(28)19(23)15-10-5-2-6-11-15/h1-13,18-19H,(H2,24,25,26,27,28). The van der Waals surface area contributed by atoms with Crippen molar-refractivity contribution in [1.82, 2.24) is 4.98 Å². The summed E-state index contributed by atoms with van der Waals surface area (Å²) in [6.07, 6.45) is 0. The van der Waals surface area contributed by atoms with E-state index in [2.05, 4.69) is 15.6 Å². The topological polar surface area (TPSA) is 71.1 Å². The molecule has 2 amide bonds. The molecule has 3 rings (SSSR count). The third-order valence-electron chi connectivity index (χ3n) is 3.90. The zero-order valence-corrected chi connectivity index (χ0v) is 16.2. The molecular formula is C21H17Cl2N3O2. The van der Waals surface area contributed by atoms with Gasteiger partial charge in [-0.05, 0) is 23.3 Å². The molecule has 0 spiro atoms. The Labute approximate surface area is 172 Å². The summed E-state index contributed by atoms with van der Waals surface area (Å²) in [6.45, 7) is 0. The average Bonchev–Trinajstić information content (AvgIpc) is 2.74. The van der Waals surface area contributed by atoms with Crippen LogP contribution in [0.3, 0.4) is 0 Å². The fraction of sp³-hybridized carbons (Fsp3) is 0.0952. The van der Waals surface area contributed by atoms with E-state index in [9.17, 15) is 9.59 Å². The van der Waals surface area contributed by atoms with Crippen LogP contribution in [0.2, 0.25) is 0 Å². The first kappa shape index (κ1) is 19.9. The maximum Gasteiger partial charge on any atom is 0.248 e. The van der Waals surface area contributed by atoms with Crippen molar-refractivity contribution < 1.29 is 9.59 Å². The number of nitrogens with zero attached hydrogens (tertiary/aromatic N) is 1. The zero-order valence-electron chi connectivity index (χ0n) is 14.7. The largest absolute Gasteiger partial charge is 0.309 e. The first-order valence-corrected chi connectivity index (χ1v) is 9.38. The summed E-state index contributed by atoms with van der Waals surface area (Å²) >= 11 is 12.4. The number of pyridine rings is 1. The Kier molecular flexibility index (Phi) is 6.63. The van der Waals surface area contributed by atoms with Gasteiger partial charge in [-0.25, -0.2) is 4.98 Å². The summed E-state index contributed by atoms with van der Waals surface area (Å²) in [7, 11) is 0. The molecule has 2 aromatic carbocycles. The van der Waals surface area contributed by atoms with E-state index >= 15 is 0 Å². The normalized spacial score (nSPS) is 12.6. The van der Waals surface area contributed by atoms with E-state index in [0.29, 0.717) is 11.1 Å². The first-order valence-electron chi connectivity index (χ1n) is 8.51. The predicted octanol–water partition coefficient (Wildman–Crippen LogP) is 4.92. The van der Waals surface area contributed by atoms with Crippen LogP contribution in [-0.2, 0) is 9.59 Å². The molecule has 2 unspecified atom stereocenters. The van der Waals surface area contributed by atoms with Crippen molar-refractivity contribution in [3.8, 4) is 0 Å². The highest BCUT2D eigenvalue weighted by molar-refractivity contribution is 6.33. The van der Waals surface area contributed by atoms with Crippen LogP contribution in [0.15, 0.2) is 78.9 Å². The van der Waals surface area contributed by atoms with Crippen molar-refractivity contribution in [1.29, 1.82) is 0 Å². The maximum atomic E-state index is 12.3. The molecule has 0 fully saturated rings. The highest BCUT2D eigenvalue weighted by Gasteiger charge is 2.20. The number of aromatic nitrogens is 1. The lowest BCUT2D eigenvalue weighted by Gasteiger charge is -2.13. The van der Waals surface area contributed by atoms with Gasteiger partial charge in [-0.1, -0.05) is 66.7 Å². The highest BCUT2D eigenvalue weighted by Crippen LogP contribution is 2.24. The number of hydrogen-bond donors (Lipinski definition) is 2. The van der Waals surface area contributed by atoms with E-state index in [4.69, 9.17) is 23.2 Å². The maximum absolute atomic E-state index is 12.3. The quantitative estimate of drug-likeness (QED) is 0.563. The molecule has 2 N–H and O–H groups in total. The van der Waals surface area contributed by atoms with Crippen molar-refractivity contribution in [2.45, 2.75) is 10.8 Å². The Bertz CT molecular complexity index is 877. The molecule has 142 valence electrons. The smallest absolute Gasteiger partial charge is 0.248 e. The molecule has 2 atom stereocenters. The summed E-state index contributed by atoms with van der Waals surface area (Å²) in [4.78, 5) is 28.9. The minimum absolute atomic E-state index is 0.273. The molecule has 1 heterocycles. The first-order chi connectivity index (χ1) is 13.5. The average molecular weight is 414 g/mol. The molecule has 0 bridgehead atoms. The monoisotopic (exact) mass is 413 g/mol. The lowest BCUT2D eigenvalue weighted by Crippen LogP contribution is -2.20. The number of amides is 2. The SMILES string of the molecule is O=C(Nc1cccc(NC(=O)C(Cl)c2ccccc2)n1)C(Cl)c1ccccc1. The van der Waals surface area contributed by atoms with Crippen molar-refractivity contribution in [2.75, 3.05) is 10.6 Å². The molecule has 0 aliphatic rings. The fourth-order valence-corrected chi connectivity index (χ4v) is 2.90. The molecule has 0 aliphatic heterocycles. The third kappa shape index (κ3) is 5.09. The Morgan fingerprint density at radius 1 is 0.643 bits per heavy atom. The number of alkyl halides is 2. The Hall–Kier alpha value is -2.89. The number of hydrogen-bond acceptors (Lipinski definition) is 3. The van der Waals surface area contributed by atoms with E-state index in [1.54, 1.807) is 42.5 Å². The van der Waals surface area contributed by atoms with Crippen LogP contribution in [0, 0.1) is 0 Å². The third-order valence-corrected chi connectivity index (χ3v) is 4.80. The van der Waals surface area contributed by atoms with Gasteiger partial charge in [-0.2, -0.15) is 0 Å². The van der Waals surface area contributed by atoms with Gasteiger partial charge in [0.15, 0.2) is 0 Å². The molecule has 0 saturated carbocycles. The van der Waals surface area contributed by atoms with Crippen molar-refractivity contribution >= 4 is 46.7 Å². The van der Waals surface area contributed by atoms with E-state index in [1.165, 1.54) is 0 Å². The van der Waals surface area contributed by atoms with Crippen LogP contribution >= 0.6 is 23.2 Å². The number of carbonyl (C=O) groups excluding carboxylic acids is 2. The van der Waals surface area contributed by atoms with Crippen LogP contribution < -0.4 is 10.6 Å². The van der Waals surface area contributed by atoms with E-state index in [0.717, 1.165) is 0 Å². The number of rotatable bonds is 6. The molecule has 0 aliphatic carbocycles. The van der Waals surface area contributed by atoms with Crippen LogP contribution in [0.5, 0.6) is 0 Å². The molecule has 0 radical (unpaired) electrons. The second kappa shape index (κ2) is 9.35. The van der Waals surface area contributed by atoms with Gasteiger partial charge in [0.1, 0.15) is 22.4 Å². The molecule has 1 aromatic heterocycles. The lowest BCUT2D eigenvalue weighted by atomic mass is 10.1. The van der Waals surface area contributed by atoms with Crippen molar-refractivity contribution in [2.24, 2.45) is 0 Å². The fourth-order valence-electron chi connectivity index (χ4n) is 2.50. The highest BCUT2D eigenvalue weighted by atomic mass is 35.5. The number of nitrogens with one attached hydrogen (secondary N) is 2. The van der Waals surface area contributed by atoms with Crippen LogP contribution in [0.1, 0.15) is 21.9 Å². The molecule has 5 nitrogen and oxygen atoms in total. The van der Waals surface area contributed by atoms with Crippen molar-refractivity contribution in [3.05, 3.63) is 90.0 Å². The number of benzene rings is 2.